The standard InChI is InChI=1S/C10H17N3O/c1-7-10(8(2)13-12-7)5-11-9-3-4-14-6-9/h9,11H,3-6H2,1-2H3,(H,12,13). The molecule has 0 saturated carbocycles. The maximum atomic E-state index is 5.30. The molecule has 0 amide bonds. The molecule has 2 N–H and O–H groups in total. The molecule has 4 heteroatoms. The summed E-state index contributed by atoms with van der Waals surface area (Å²) in [5.41, 5.74) is 3.54. The van der Waals surface area contributed by atoms with Gasteiger partial charge >= 0.3 is 0 Å². The number of nitrogens with zero attached hydrogens (tertiary/aromatic N) is 1. The molecule has 1 unspecified atom stereocenters. The fourth-order valence-corrected chi connectivity index (χ4v) is 1.78. The van der Waals surface area contributed by atoms with Crippen LogP contribution < -0.4 is 5.32 Å². The maximum absolute atomic E-state index is 5.30. The van der Waals surface area contributed by atoms with Crippen LogP contribution in [-0.4, -0.2) is 29.5 Å². The van der Waals surface area contributed by atoms with E-state index in [2.05, 4.69) is 22.4 Å². The van der Waals surface area contributed by atoms with Crippen LogP contribution in [0.2, 0.25) is 0 Å². The molecular formula is C10H17N3O. The van der Waals surface area contributed by atoms with Crippen molar-refractivity contribution < 1.29 is 4.74 Å². The van der Waals surface area contributed by atoms with Gasteiger partial charge in [-0.2, -0.15) is 5.10 Å². The lowest BCUT2D eigenvalue weighted by atomic mass is 10.2. The number of aryl methyl sites for hydroxylation is 2. The Morgan fingerprint density at radius 1 is 1.57 bits per heavy atom. The monoisotopic (exact) mass is 195 g/mol. The topological polar surface area (TPSA) is 49.9 Å². The average molecular weight is 195 g/mol. The summed E-state index contributed by atoms with van der Waals surface area (Å²) in [7, 11) is 0. The largest absolute Gasteiger partial charge is 0.380 e. The molecule has 1 aliphatic rings. The second-order valence-electron chi connectivity index (χ2n) is 3.85. The Labute approximate surface area is 84.0 Å². The van der Waals surface area contributed by atoms with Crippen molar-refractivity contribution in [2.75, 3.05) is 13.2 Å². The first-order valence-corrected chi connectivity index (χ1v) is 5.09. The summed E-state index contributed by atoms with van der Waals surface area (Å²) in [6.07, 6.45) is 1.12. The third-order valence-corrected chi connectivity index (χ3v) is 2.78. The predicted molar refractivity (Wildman–Crippen MR) is 54.1 cm³/mol. The first-order chi connectivity index (χ1) is 6.77. The van der Waals surface area contributed by atoms with Crippen molar-refractivity contribution in [3.8, 4) is 0 Å². The van der Waals surface area contributed by atoms with Crippen LogP contribution in [0.4, 0.5) is 0 Å². The van der Waals surface area contributed by atoms with Crippen molar-refractivity contribution >= 4 is 0 Å². The van der Waals surface area contributed by atoms with Crippen molar-refractivity contribution in [2.24, 2.45) is 0 Å². The molecule has 4 nitrogen and oxygen atoms in total. The van der Waals surface area contributed by atoms with Gasteiger partial charge in [-0.3, -0.25) is 5.10 Å². The van der Waals surface area contributed by atoms with E-state index in [4.69, 9.17) is 4.74 Å². The van der Waals surface area contributed by atoms with Crippen LogP contribution in [0.25, 0.3) is 0 Å². The molecule has 1 aromatic heterocycles. The summed E-state index contributed by atoms with van der Waals surface area (Å²) in [5, 5.41) is 10.6. The molecule has 78 valence electrons. The first-order valence-electron chi connectivity index (χ1n) is 5.09. The SMILES string of the molecule is Cc1n[nH]c(C)c1CNC1CCOC1. The average Bonchev–Trinajstić information content (AvgIpc) is 2.76. The summed E-state index contributed by atoms with van der Waals surface area (Å²) < 4.78 is 5.30. The van der Waals surface area contributed by atoms with E-state index in [1.807, 2.05) is 6.92 Å². The van der Waals surface area contributed by atoms with Crippen LogP contribution >= 0.6 is 0 Å². The number of aromatic nitrogens is 2. The Kier molecular flexibility index (Phi) is 2.84. The Hall–Kier alpha value is -0.870. The number of hydrogen-bond donors (Lipinski definition) is 2. The van der Waals surface area contributed by atoms with E-state index >= 15 is 0 Å². The van der Waals surface area contributed by atoms with Crippen molar-refractivity contribution in [3.05, 3.63) is 17.0 Å². The Morgan fingerprint density at radius 3 is 3.00 bits per heavy atom. The van der Waals surface area contributed by atoms with Gasteiger partial charge in [-0.25, -0.2) is 0 Å². The van der Waals surface area contributed by atoms with Crippen molar-refractivity contribution in [1.29, 1.82) is 0 Å². The van der Waals surface area contributed by atoms with Gasteiger partial charge < -0.3 is 10.1 Å². The summed E-state index contributed by atoms with van der Waals surface area (Å²) in [4.78, 5) is 0. The summed E-state index contributed by atoms with van der Waals surface area (Å²) in [6.45, 7) is 6.72. The van der Waals surface area contributed by atoms with Gasteiger partial charge in [0.1, 0.15) is 0 Å². The van der Waals surface area contributed by atoms with E-state index in [1.54, 1.807) is 0 Å². The number of nitrogens with one attached hydrogen (secondary N) is 2. The molecule has 0 radical (unpaired) electrons. The molecule has 14 heavy (non-hydrogen) atoms. The predicted octanol–water partition coefficient (Wildman–Crippen LogP) is 0.905. The van der Waals surface area contributed by atoms with Crippen molar-refractivity contribution in [1.82, 2.24) is 15.5 Å². The molecule has 0 bridgehead atoms. The van der Waals surface area contributed by atoms with Gasteiger partial charge in [0.25, 0.3) is 0 Å². The Balaban J connectivity index is 1.90. The fraction of sp³-hybridized carbons (Fsp3) is 0.700. The van der Waals surface area contributed by atoms with Crippen LogP contribution in [0.1, 0.15) is 23.4 Å². The van der Waals surface area contributed by atoms with E-state index in [1.165, 1.54) is 5.56 Å². The second-order valence-corrected chi connectivity index (χ2v) is 3.85. The van der Waals surface area contributed by atoms with Crippen LogP contribution in [0.15, 0.2) is 0 Å². The van der Waals surface area contributed by atoms with Crippen molar-refractivity contribution in [3.63, 3.8) is 0 Å². The van der Waals surface area contributed by atoms with Gasteiger partial charge in [0.15, 0.2) is 0 Å². The smallest absolute Gasteiger partial charge is 0.0638 e. The molecule has 0 spiro atoms. The summed E-state index contributed by atoms with van der Waals surface area (Å²) >= 11 is 0. The molecule has 1 atom stereocenters. The van der Waals surface area contributed by atoms with Crippen LogP contribution in [-0.2, 0) is 11.3 Å². The van der Waals surface area contributed by atoms with Gasteiger partial charge in [-0.1, -0.05) is 0 Å². The van der Waals surface area contributed by atoms with E-state index in [0.717, 1.165) is 37.6 Å². The van der Waals surface area contributed by atoms with Gasteiger partial charge in [0.05, 0.1) is 12.3 Å². The van der Waals surface area contributed by atoms with Gasteiger partial charge in [-0.05, 0) is 20.3 Å². The zero-order valence-electron chi connectivity index (χ0n) is 8.76. The molecule has 1 aromatic rings. The molecule has 1 aliphatic heterocycles. The number of hydrogen-bond acceptors (Lipinski definition) is 3. The third kappa shape index (κ3) is 1.96. The fourth-order valence-electron chi connectivity index (χ4n) is 1.78. The van der Waals surface area contributed by atoms with Crippen molar-refractivity contribution in [2.45, 2.75) is 32.9 Å². The number of ether oxygens (including phenoxy) is 1. The lowest BCUT2D eigenvalue weighted by molar-refractivity contribution is 0.190. The molecule has 2 heterocycles. The summed E-state index contributed by atoms with van der Waals surface area (Å²) in [5.74, 6) is 0. The van der Waals surface area contributed by atoms with E-state index in [0.29, 0.717) is 6.04 Å². The van der Waals surface area contributed by atoms with Gasteiger partial charge in [0.2, 0.25) is 0 Å². The molecular weight excluding hydrogens is 178 g/mol. The minimum atomic E-state index is 0.517. The minimum absolute atomic E-state index is 0.517. The Morgan fingerprint density at radius 2 is 2.43 bits per heavy atom. The van der Waals surface area contributed by atoms with E-state index in [-0.39, 0.29) is 0 Å². The van der Waals surface area contributed by atoms with Crippen LogP contribution in [0.5, 0.6) is 0 Å². The zero-order valence-corrected chi connectivity index (χ0v) is 8.76. The first kappa shape index (κ1) is 9.68. The number of H-pyrrole nitrogens is 1. The number of aromatic amines is 1. The highest BCUT2D eigenvalue weighted by atomic mass is 16.5. The van der Waals surface area contributed by atoms with E-state index in [9.17, 15) is 0 Å². The highest BCUT2D eigenvalue weighted by Crippen LogP contribution is 2.10. The maximum Gasteiger partial charge on any atom is 0.0638 e. The highest BCUT2D eigenvalue weighted by molar-refractivity contribution is 5.22. The Bertz CT molecular complexity index is 283. The molecule has 0 aromatic carbocycles. The zero-order chi connectivity index (χ0) is 9.97. The third-order valence-electron chi connectivity index (χ3n) is 2.78. The quantitative estimate of drug-likeness (QED) is 0.753. The molecule has 2 rings (SSSR count). The van der Waals surface area contributed by atoms with Gasteiger partial charge in [-0.15, -0.1) is 0 Å². The normalized spacial score (nSPS) is 21.7. The summed E-state index contributed by atoms with van der Waals surface area (Å²) in [6, 6.07) is 0.517. The van der Waals surface area contributed by atoms with Crippen LogP contribution in [0, 0.1) is 13.8 Å². The molecule has 1 saturated heterocycles. The minimum Gasteiger partial charge on any atom is -0.380 e. The number of rotatable bonds is 3. The molecule has 0 aliphatic carbocycles. The van der Waals surface area contributed by atoms with E-state index < -0.39 is 0 Å². The lowest BCUT2D eigenvalue weighted by Gasteiger charge is -2.10. The van der Waals surface area contributed by atoms with Crippen LogP contribution in [0.3, 0.4) is 0 Å². The highest BCUT2D eigenvalue weighted by Gasteiger charge is 2.15. The second kappa shape index (κ2) is 4.11. The molecule has 1 fully saturated rings. The van der Waals surface area contributed by atoms with Gasteiger partial charge in [0, 0.05) is 30.5 Å². The lowest BCUT2D eigenvalue weighted by Crippen LogP contribution is -2.28.